The van der Waals surface area contributed by atoms with Gasteiger partial charge in [-0.25, -0.2) is 4.39 Å². The summed E-state index contributed by atoms with van der Waals surface area (Å²) in [5.41, 5.74) is 1.11. The third-order valence-corrected chi connectivity index (χ3v) is 2.45. The molecule has 0 unspecified atom stereocenters. The van der Waals surface area contributed by atoms with Gasteiger partial charge in [-0.15, -0.1) is 0 Å². The molecule has 0 spiro atoms. The third-order valence-electron chi connectivity index (χ3n) is 2.45. The number of halogens is 1. The van der Waals surface area contributed by atoms with Crippen molar-refractivity contribution in [2.75, 3.05) is 19.6 Å². The van der Waals surface area contributed by atoms with Crippen LogP contribution in [0, 0.1) is 0 Å². The Balaban J connectivity index is 2.45. The number of alkyl halides is 1. The fourth-order valence-corrected chi connectivity index (χ4v) is 1.74. The van der Waals surface area contributed by atoms with E-state index >= 15 is 0 Å². The van der Waals surface area contributed by atoms with Gasteiger partial charge >= 0.3 is 0 Å². The quantitative estimate of drug-likeness (QED) is 0.623. The Morgan fingerprint density at radius 2 is 2.29 bits per heavy atom. The summed E-state index contributed by atoms with van der Waals surface area (Å²) in [6.07, 6.45) is 6.50. The predicted octanol–water partition coefficient (Wildman–Crippen LogP) is 2.72. The Bertz CT molecular complexity index is 232. The summed E-state index contributed by atoms with van der Waals surface area (Å²) in [5, 5.41) is 0. The first-order chi connectivity index (χ1) is 6.76. The minimum absolute atomic E-state index is 0.558. The van der Waals surface area contributed by atoms with Gasteiger partial charge in [-0.2, -0.15) is 0 Å². The average molecular weight is 195 g/mol. The summed E-state index contributed by atoms with van der Waals surface area (Å²) < 4.78 is 13.1. The van der Waals surface area contributed by atoms with Gasteiger partial charge in [0.05, 0.1) is 0 Å². The van der Waals surface area contributed by atoms with E-state index < -0.39 is 6.17 Å². The van der Waals surface area contributed by atoms with Crippen LogP contribution in [0.2, 0.25) is 0 Å². The number of likely N-dealkylation sites (tertiary alicyclic amines) is 1. The maximum Gasteiger partial charge on any atom is 0.113 e. The van der Waals surface area contributed by atoms with Crippen LogP contribution in [-0.2, 0) is 0 Å². The summed E-state index contributed by atoms with van der Waals surface area (Å²) >= 11 is 0. The monoisotopic (exact) mass is 195 g/mol. The average Bonchev–Trinajstić information content (AvgIpc) is 2.17. The van der Waals surface area contributed by atoms with Crippen LogP contribution in [0.15, 0.2) is 37.0 Å². The molecule has 0 bridgehead atoms. The van der Waals surface area contributed by atoms with E-state index in [0.29, 0.717) is 13.0 Å². The molecule has 0 N–H and O–H groups in total. The second-order valence-electron chi connectivity index (χ2n) is 3.66. The van der Waals surface area contributed by atoms with Gasteiger partial charge in [0.25, 0.3) is 0 Å². The Morgan fingerprint density at radius 1 is 1.50 bits per heavy atom. The standard InChI is InChI=1S/C12H18FN/c1-3-6-11(4-2)9-14-8-5-7-12(13)10-14/h3-4,6,12H,1-2,5,7-10H2/b11-6+/t12-/m1/s1. The molecule has 1 saturated heterocycles. The molecule has 78 valence electrons. The van der Waals surface area contributed by atoms with E-state index in [9.17, 15) is 4.39 Å². The van der Waals surface area contributed by atoms with Crippen molar-refractivity contribution in [2.45, 2.75) is 19.0 Å². The van der Waals surface area contributed by atoms with Crippen LogP contribution < -0.4 is 0 Å². The molecular formula is C12H18FN. The van der Waals surface area contributed by atoms with Crippen LogP contribution in [-0.4, -0.2) is 30.7 Å². The van der Waals surface area contributed by atoms with Crippen molar-refractivity contribution in [2.24, 2.45) is 0 Å². The minimum Gasteiger partial charge on any atom is -0.296 e. The highest BCUT2D eigenvalue weighted by atomic mass is 19.1. The summed E-state index contributed by atoms with van der Waals surface area (Å²) in [6, 6.07) is 0. The Kier molecular flexibility index (Phi) is 4.60. The smallest absolute Gasteiger partial charge is 0.113 e. The van der Waals surface area contributed by atoms with Gasteiger partial charge < -0.3 is 0 Å². The third kappa shape index (κ3) is 3.46. The van der Waals surface area contributed by atoms with Gasteiger partial charge in [-0.3, -0.25) is 4.90 Å². The number of allylic oxidation sites excluding steroid dienone is 2. The lowest BCUT2D eigenvalue weighted by atomic mass is 10.1. The second kappa shape index (κ2) is 5.76. The lowest BCUT2D eigenvalue weighted by Crippen LogP contribution is -2.37. The Morgan fingerprint density at radius 3 is 2.86 bits per heavy atom. The molecule has 14 heavy (non-hydrogen) atoms. The first kappa shape index (κ1) is 11.2. The highest BCUT2D eigenvalue weighted by Gasteiger charge is 2.18. The van der Waals surface area contributed by atoms with Crippen LogP contribution in [0.1, 0.15) is 12.8 Å². The molecule has 0 aromatic carbocycles. The normalized spacial score (nSPS) is 24.6. The Labute approximate surface area is 85.6 Å². The molecule has 1 nitrogen and oxygen atoms in total. The molecule has 0 saturated carbocycles. The lowest BCUT2D eigenvalue weighted by Gasteiger charge is -2.29. The largest absolute Gasteiger partial charge is 0.296 e. The van der Waals surface area contributed by atoms with E-state index in [1.54, 1.807) is 6.08 Å². The van der Waals surface area contributed by atoms with Gasteiger partial charge in [0.1, 0.15) is 6.17 Å². The molecule has 0 aromatic rings. The maximum atomic E-state index is 13.1. The van der Waals surface area contributed by atoms with Gasteiger partial charge in [0.2, 0.25) is 0 Å². The number of piperidine rings is 1. The van der Waals surface area contributed by atoms with Crippen molar-refractivity contribution in [3.63, 3.8) is 0 Å². The van der Waals surface area contributed by atoms with E-state index in [2.05, 4.69) is 18.1 Å². The molecule has 1 fully saturated rings. The zero-order chi connectivity index (χ0) is 10.4. The zero-order valence-electron chi connectivity index (χ0n) is 8.58. The van der Waals surface area contributed by atoms with Crippen LogP contribution >= 0.6 is 0 Å². The first-order valence-corrected chi connectivity index (χ1v) is 5.06. The van der Waals surface area contributed by atoms with E-state index in [-0.39, 0.29) is 0 Å². The molecule has 1 aliphatic heterocycles. The highest BCUT2D eigenvalue weighted by molar-refractivity contribution is 5.22. The van der Waals surface area contributed by atoms with Crippen molar-refractivity contribution in [3.8, 4) is 0 Å². The van der Waals surface area contributed by atoms with Crippen molar-refractivity contribution < 1.29 is 4.39 Å². The van der Waals surface area contributed by atoms with E-state index in [0.717, 1.165) is 25.1 Å². The van der Waals surface area contributed by atoms with Crippen LogP contribution in [0.3, 0.4) is 0 Å². The summed E-state index contributed by atoms with van der Waals surface area (Å²) in [5.74, 6) is 0. The van der Waals surface area contributed by atoms with Crippen molar-refractivity contribution in [1.29, 1.82) is 0 Å². The SMILES string of the molecule is C=C/C=C(\C=C)CN1CCC[C@@H](F)C1. The van der Waals surface area contributed by atoms with Crippen LogP contribution in [0.5, 0.6) is 0 Å². The predicted molar refractivity (Wildman–Crippen MR) is 59.0 cm³/mol. The van der Waals surface area contributed by atoms with E-state index in [4.69, 9.17) is 0 Å². The number of nitrogens with zero attached hydrogens (tertiary/aromatic N) is 1. The summed E-state index contributed by atoms with van der Waals surface area (Å²) in [6.45, 7) is 9.70. The Hall–Kier alpha value is -0.890. The molecule has 0 aliphatic carbocycles. The topological polar surface area (TPSA) is 3.24 Å². The minimum atomic E-state index is -0.654. The lowest BCUT2D eigenvalue weighted by molar-refractivity contribution is 0.148. The molecular weight excluding hydrogens is 177 g/mol. The van der Waals surface area contributed by atoms with Crippen molar-refractivity contribution in [3.05, 3.63) is 37.0 Å². The second-order valence-corrected chi connectivity index (χ2v) is 3.66. The fraction of sp³-hybridized carbons (Fsp3) is 0.500. The zero-order valence-corrected chi connectivity index (χ0v) is 8.58. The molecule has 2 heteroatoms. The van der Waals surface area contributed by atoms with Gasteiger partial charge in [-0.1, -0.05) is 31.4 Å². The molecule has 0 radical (unpaired) electrons. The van der Waals surface area contributed by atoms with E-state index in [1.165, 1.54) is 0 Å². The number of rotatable bonds is 4. The maximum absolute atomic E-state index is 13.1. The van der Waals surface area contributed by atoms with Crippen molar-refractivity contribution in [1.82, 2.24) is 4.90 Å². The first-order valence-electron chi connectivity index (χ1n) is 5.06. The molecule has 1 aliphatic rings. The highest BCUT2D eigenvalue weighted by Crippen LogP contribution is 2.14. The molecule has 1 atom stereocenters. The molecule has 0 amide bonds. The summed E-state index contributed by atoms with van der Waals surface area (Å²) in [4.78, 5) is 2.13. The van der Waals surface area contributed by atoms with Crippen molar-refractivity contribution >= 4 is 0 Å². The van der Waals surface area contributed by atoms with Gasteiger partial charge in [0, 0.05) is 13.1 Å². The van der Waals surface area contributed by atoms with Gasteiger partial charge in [-0.05, 0) is 25.0 Å². The number of hydrogen-bond acceptors (Lipinski definition) is 1. The van der Waals surface area contributed by atoms with Gasteiger partial charge in [0.15, 0.2) is 0 Å². The van der Waals surface area contributed by atoms with E-state index in [1.807, 2.05) is 12.2 Å². The molecule has 1 rings (SSSR count). The number of hydrogen-bond donors (Lipinski definition) is 0. The fourth-order valence-electron chi connectivity index (χ4n) is 1.74. The van der Waals surface area contributed by atoms with Crippen LogP contribution in [0.4, 0.5) is 4.39 Å². The molecule has 0 aromatic heterocycles. The molecule has 1 heterocycles. The van der Waals surface area contributed by atoms with Crippen LogP contribution in [0.25, 0.3) is 0 Å². The summed E-state index contributed by atoms with van der Waals surface area (Å²) in [7, 11) is 0.